The van der Waals surface area contributed by atoms with Crippen molar-refractivity contribution < 1.29 is 9.53 Å². The summed E-state index contributed by atoms with van der Waals surface area (Å²) < 4.78 is 8.23. The Labute approximate surface area is 200 Å². The maximum absolute atomic E-state index is 13.5. The number of hydrogen-bond acceptors (Lipinski definition) is 3. The van der Waals surface area contributed by atoms with Crippen molar-refractivity contribution >= 4 is 17.5 Å². The van der Waals surface area contributed by atoms with Crippen molar-refractivity contribution in [1.29, 1.82) is 0 Å². The fourth-order valence-corrected chi connectivity index (χ4v) is 4.78. The van der Waals surface area contributed by atoms with Gasteiger partial charge in [0.25, 0.3) is 0 Å². The highest BCUT2D eigenvalue weighted by atomic mass is 35.5. The zero-order valence-electron chi connectivity index (χ0n) is 19.0. The lowest BCUT2D eigenvalue weighted by atomic mass is 10.1. The zero-order chi connectivity index (χ0) is 22.8. The van der Waals surface area contributed by atoms with Crippen LogP contribution in [0.4, 0.5) is 0 Å². The van der Waals surface area contributed by atoms with E-state index in [9.17, 15) is 4.79 Å². The van der Waals surface area contributed by atoms with E-state index in [0.29, 0.717) is 29.3 Å². The van der Waals surface area contributed by atoms with Gasteiger partial charge in [0.05, 0.1) is 23.5 Å². The van der Waals surface area contributed by atoms with Gasteiger partial charge in [0.1, 0.15) is 5.75 Å². The molecule has 3 aromatic rings. The third kappa shape index (κ3) is 5.09. The summed E-state index contributed by atoms with van der Waals surface area (Å²) in [6.45, 7) is 3.34. The molecule has 0 spiro atoms. The molecule has 2 saturated carbocycles. The minimum Gasteiger partial charge on any atom is -0.439 e. The van der Waals surface area contributed by atoms with Crippen LogP contribution in [0.5, 0.6) is 11.6 Å². The smallest absolute Gasteiger partial charge is 0.227 e. The minimum atomic E-state index is 0.161. The third-order valence-corrected chi connectivity index (χ3v) is 6.96. The van der Waals surface area contributed by atoms with Crippen LogP contribution in [0.1, 0.15) is 49.8 Å². The average molecular weight is 464 g/mol. The number of benzene rings is 2. The SMILES string of the molecule is Cc1nn(-c2ccc(Cl)cc2)c(Oc2ccccc2)c1CN(CC1CC1)C(=O)C1CCCC1. The first-order chi connectivity index (χ1) is 16.1. The summed E-state index contributed by atoms with van der Waals surface area (Å²) in [6, 6.07) is 17.3. The molecule has 2 aliphatic rings. The highest BCUT2D eigenvalue weighted by Gasteiger charge is 2.33. The lowest BCUT2D eigenvalue weighted by Crippen LogP contribution is -2.36. The zero-order valence-corrected chi connectivity index (χ0v) is 19.8. The van der Waals surface area contributed by atoms with Crippen LogP contribution < -0.4 is 4.74 Å². The monoisotopic (exact) mass is 463 g/mol. The maximum Gasteiger partial charge on any atom is 0.227 e. The summed E-state index contributed by atoms with van der Waals surface area (Å²) in [5.41, 5.74) is 2.70. The Balaban J connectivity index is 1.51. The van der Waals surface area contributed by atoms with Crippen LogP contribution in [-0.2, 0) is 11.3 Å². The second-order valence-electron chi connectivity index (χ2n) is 9.32. The Hall–Kier alpha value is -2.79. The first-order valence-electron chi connectivity index (χ1n) is 11.9. The molecule has 1 amide bonds. The number of carbonyl (C=O) groups is 1. The van der Waals surface area contributed by atoms with Gasteiger partial charge in [-0.05, 0) is 74.9 Å². The molecular weight excluding hydrogens is 434 g/mol. The van der Waals surface area contributed by atoms with Crippen molar-refractivity contribution in [1.82, 2.24) is 14.7 Å². The van der Waals surface area contributed by atoms with Crippen LogP contribution in [0, 0.1) is 18.8 Å². The number of aromatic nitrogens is 2. The van der Waals surface area contributed by atoms with E-state index in [-0.39, 0.29) is 5.92 Å². The largest absolute Gasteiger partial charge is 0.439 e. The molecule has 0 radical (unpaired) electrons. The van der Waals surface area contributed by atoms with Crippen LogP contribution in [0.2, 0.25) is 5.02 Å². The fraction of sp³-hybridized carbons (Fsp3) is 0.407. The van der Waals surface area contributed by atoms with Gasteiger partial charge in [-0.2, -0.15) is 5.10 Å². The Morgan fingerprint density at radius 2 is 1.76 bits per heavy atom. The Morgan fingerprint density at radius 3 is 2.42 bits per heavy atom. The number of ether oxygens (including phenoxy) is 1. The van der Waals surface area contributed by atoms with Crippen LogP contribution in [0.25, 0.3) is 5.69 Å². The second-order valence-corrected chi connectivity index (χ2v) is 9.75. The minimum absolute atomic E-state index is 0.161. The molecule has 1 heterocycles. The predicted octanol–water partition coefficient (Wildman–Crippen LogP) is 6.56. The molecule has 0 atom stereocenters. The van der Waals surface area contributed by atoms with E-state index in [2.05, 4.69) is 4.90 Å². The number of amides is 1. The first-order valence-corrected chi connectivity index (χ1v) is 12.3. The van der Waals surface area contributed by atoms with Gasteiger partial charge in [-0.3, -0.25) is 4.79 Å². The Bertz CT molecular complexity index is 1100. The molecule has 2 aromatic carbocycles. The van der Waals surface area contributed by atoms with E-state index in [1.54, 1.807) is 0 Å². The molecule has 0 N–H and O–H groups in total. The van der Waals surface area contributed by atoms with Crippen molar-refractivity contribution in [2.24, 2.45) is 11.8 Å². The summed E-state index contributed by atoms with van der Waals surface area (Å²) in [4.78, 5) is 15.5. The molecule has 1 aromatic heterocycles. The second kappa shape index (κ2) is 9.60. The molecule has 5 nitrogen and oxygen atoms in total. The molecule has 172 valence electrons. The number of rotatable bonds is 8. The summed E-state index contributed by atoms with van der Waals surface area (Å²) in [5, 5.41) is 5.49. The van der Waals surface area contributed by atoms with Gasteiger partial charge in [-0.25, -0.2) is 4.68 Å². The maximum atomic E-state index is 13.5. The topological polar surface area (TPSA) is 47.4 Å². The van der Waals surface area contributed by atoms with Crippen LogP contribution in [0.3, 0.4) is 0 Å². The van der Waals surface area contributed by atoms with Gasteiger partial charge >= 0.3 is 0 Å². The van der Waals surface area contributed by atoms with Gasteiger partial charge < -0.3 is 9.64 Å². The van der Waals surface area contributed by atoms with E-state index in [4.69, 9.17) is 21.4 Å². The first kappa shape index (κ1) is 22.0. The van der Waals surface area contributed by atoms with Crippen molar-refractivity contribution in [3.8, 4) is 17.3 Å². The molecule has 2 fully saturated rings. The molecule has 0 saturated heterocycles. The highest BCUT2D eigenvalue weighted by molar-refractivity contribution is 6.30. The van der Waals surface area contributed by atoms with E-state index in [0.717, 1.165) is 54.9 Å². The number of hydrogen-bond donors (Lipinski definition) is 0. The van der Waals surface area contributed by atoms with Crippen LogP contribution >= 0.6 is 11.6 Å². The van der Waals surface area contributed by atoms with Crippen molar-refractivity contribution in [3.05, 3.63) is 70.9 Å². The van der Waals surface area contributed by atoms with Crippen molar-refractivity contribution in [3.63, 3.8) is 0 Å². The number of halogens is 1. The molecule has 0 aliphatic heterocycles. The Kier molecular flexibility index (Phi) is 6.41. The van der Waals surface area contributed by atoms with E-state index in [1.807, 2.05) is 66.2 Å². The van der Waals surface area contributed by atoms with Crippen LogP contribution in [0.15, 0.2) is 54.6 Å². The van der Waals surface area contributed by atoms with E-state index < -0.39 is 0 Å². The normalized spacial score (nSPS) is 16.2. The van der Waals surface area contributed by atoms with Gasteiger partial charge in [0.2, 0.25) is 11.8 Å². The third-order valence-electron chi connectivity index (χ3n) is 6.71. The summed E-state index contributed by atoms with van der Waals surface area (Å²) in [7, 11) is 0. The van der Waals surface area contributed by atoms with Gasteiger partial charge in [0.15, 0.2) is 0 Å². The van der Waals surface area contributed by atoms with Gasteiger partial charge in [-0.15, -0.1) is 0 Å². The average Bonchev–Trinajstić information content (AvgIpc) is 3.37. The lowest BCUT2D eigenvalue weighted by Gasteiger charge is -2.26. The fourth-order valence-electron chi connectivity index (χ4n) is 4.65. The van der Waals surface area contributed by atoms with Crippen LogP contribution in [-0.4, -0.2) is 27.1 Å². The van der Waals surface area contributed by atoms with E-state index >= 15 is 0 Å². The van der Waals surface area contributed by atoms with Crippen molar-refractivity contribution in [2.75, 3.05) is 6.54 Å². The number of para-hydroxylation sites is 1. The lowest BCUT2D eigenvalue weighted by molar-refractivity contribution is -0.136. The van der Waals surface area contributed by atoms with Crippen molar-refractivity contribution in [2.45, 2.75) is 52.0 Å². The number of nitrogens with zero attached hydrogens (tertiary/aromatic N) is 3. The van der Waals surface area contributed by atoms with Gasteiger partial charge in [-0.1, -0.05) is 42.6 Å². The molecule has 2 aliphatic carbocycles. The molecular formula is C27H30ClN3O2. The summed E-state index contributed by atoms with van der Waals surface area (Å²) in [5.74, 6) is 2.48. The molecule has 0 unspecified atom stereocenters. The summed E-state index contributed by atoms with van der Waals surface area (Å²) in [6.07, 6.45) is 6.76. The summed E-state index contributed by atoms with van der Waals surface area (Å²) >= 11 is 6.12. The number of aryl methyl sites for hydroxylation is 1. The Morgan fingerprint density at radius 1 is 1.06 bits per heavy atom. The molecule has 5 rings (SSSR count). The highest BCUT2D eigenvalue weighted by Crippen LogP contribution is 2.36. The van der Waals surface area contributed by atoms with Gasteiger partial charge in [0, 0.05) is 17.5 Å². The quantitative estimate of drug-likeness (QED) is 0.380. The molecule has 6 heteroatoms. The molecule has 0 bridgehead atoms. The number of carbonyl (C=O) groups excluding carboxylic acids is 1. The standard InChI is InChI=1S/C27H30ClN3O2/c1-19-25(18-30(17-20-11-12-20)26(32)21-7-5-6-8-21)27(33-24-9-3-2-4-10-24)31(29-19)23-15-13-22(28)14-16-23/h2-4,9-10,13-16,20-21H,5-8,11-12,17-18H2,1H3. The molecule has 33 heavy (non-hydrogen) atoms. The predicted molar refractivity (Wildman–Crippen MR) is 130 cm³/mol. The van der Waals surface area contributed by atoms with E-state index in [1.165, 1.54) is 12.8 Å².